The summed E-state index contributed by atoms with van der Waals surface area (Å²) in [6, 6.07) is 7.79. The average Bonchev–Trinajstić information content (AvgIpc) is 2.95. The molecule has 0 atom stereocenters. The van der Waals surface area contributed by atoms with Crippen LogP contribution in [-0.4, -0.2) is 29.6 Å². The highest BCUT2D eigenvalue weighted by atomic mass is 35.5. The minimum atomic E-state index is -0.691. The van der Waals surface area contributed by atoms with Gasteiger partial charge in [0.1, 0.15) is 0 Å². The highest BCUT2D eigenvalue weighted by Gasteiger charge is 2.44. The smallest absolute Gasteiger partial charge is 0.303 e. The molecule has 0 aliphatic heterocycles. The molecule has 0 heterocycles. The van der Waals surface area contributed by atoms with Gasteiger partial charge in [-0.05, 0) is 43.0 Å². The fraction of sp³-hybridized carbons (Fsp3) is 0.500. The molecule has 1 N–H and O–H groups in total. The Morgan fingerprint density at radius 1 is 1.50 bits per heavy atom. The van der Waals surface area contributed by atoms with Crippen molar-refractivity contribution < 1.29 is 9.90 Å². The van der Waals surface area contributed by atoms with Crippen LogP contribution in [0.2, 0.25) is 5.02 Å². The van der Waals surface area contributed by atoms with Gasteiger partial charge in [0, 0.05) is 18.1 Å². The Kier molecular flexibility index (Phi) is 3.93. The summed E-state index contributed by atoms with van der Waals surface area (Å²) in [6.07, 6.45) is 2.34. The predicted molar refractivity (Wildman–Crippen MR) is 71.7 cm³/mol. The van der Waals surface area contributed by atoms with E-state index in [0.29, 0.717) is 0 Å². The molecule has 0 saturated heterocycles. The number of carboxylic acids is 1. The normalized spacial score (nSPS) is 16.8. The van der Waals surface area contributed by atoms with Gasteiger partial charge in [0.25, 0.3) is 0 Å². The number of hydrogen-bond acceptors (Lipinski definition) is 2. The van der Waals surface area contributed by atoms with Crippen LogP contribution in [0.25, 0.3) is 0 Å². The Bertz CT molecular complexity index is 443. The first-order valence-electron chi connectivity index (χ1n) is 6.14. The molecule has 0 radical (unpaired) electrons. The number of hydrogen-bond donors (Lipinski definition) is 1. The van der Waals surface area contributed by atoms with Crippen molar-refractivity contribution in [3.63, 3.8) is 0 Å². The fourth-order valence-electron chi connectivity index (χ4n) is 2.46. The van der Waals surface area contributed by atoms with Crippen LogP contribution >= 0.6 is 11.6 Å². The minimum absolute atomic E-state index is 0.0131. The SMILES string of the molecule is CN(Cc1cccc(Cl)c1)CC1(CC(=O)O)CC1. The summed E-state index contributed by atoms with van der Waals surface area (Å²) in [4.78, 5) is 13.0. The van der Waals surface area contributed by atoms with E-state index >= 15 is 0 Å². The maximum atomic E-state index is 10.8. The Morgan fingerprint density at radius 2 is 2.22 bits per heavy atom. The van der Waals surface area contributed by atoms with Crippen LogP contribution in [0.5, 0.6) is 0 Å². The van der Waals surface area contributed by atoms with Crippen LogP contribution in [0.15, 0.2) is 24.3 Å². The van der Waals surface area contributed by atoms with E-state index in [-0.39, 0.29) is 11.8 Å². The standard InChI is InChI=1S/C14H18ClNO2/c1-16(9-11-3-2-4-12(15)7-11)10-14(5-6-14)8-13(17)18/h2-4,7H,5-6,8-10H2,1H3,(H,17,18). The monoisotopic (exact) mass is 267 g/mol. The van der Waals surface area contributed by atoms with Crippen LogP contribution in [0.1, 0.15) is 24.8 Å². The molecule has 18 heavy (non-hydrogen) atoms. The Labute approximate surface area is 112 Å². The summed E-state index contributed by atoms with van der Waals surface area (Å²) in [5, 5.41) is 9.64. The highest BCUT2D eigenvalue weighted by Crippen LogP contribution is 2.49. The van der Waals surface area contributed by atoms with Gasteiger partial charge >= 0.3 is 5.97 Å². The topological polar surface area (TPSA) is 40.5 Å². The predicted octanol–water partition coefficient (Wildman–Crippen LogP) is 3.03. The van der Waals surface area contributed by atoms with Crippen LogP contribution in [0.3, 0.4) is 0 Å². The summed E-state index contributed by atoms with van der Waals surface area (Å²) in [5.41, 5.74) is 1.18. The van der Waals surface area contributed by atoms with Crippen molar-refractivity contribution in [3.8, 4) is 0 Å². The molecule has 0 aromatic heterocycles. The van der Waals surface area contributed by atoms with E-state index in [1.165, 1.54) is 0 Å². The molecule has 0 unspecified atom stereocenters. The lowest BCUT2D eigenvalue weighted by Crippen LogP contribution is -2.28. The van der Waals surface area contributed by atoms with E-state index in [1.54, 1.807) is 0 Å². The molecule has 3 nitrogen and oxygen atoms in total. The van der Waals surface area contributed by atoms with Gasteiger partial charge in [-0.2, -0.15) is 0 Å². The summed E-state index contributed by atoms with van der Waals surface area (Å²) in [5.74, 6) is -0.691. The quantitative estimate of drug-likeness (QED) is 0.861. The van der Waals surface area contributed by atoms with E-state index < -0.39 is 5.97 Å². The van der Waals surface area contributed by atoms with Gasteiger partial charge < -0.3 is 10.0 Å². The molecule has 1 aliphatic rings. The summed E-state index contributed by atoms with van der Waals surface area (Å²) in [7, 11) is 2.03. The van der Waals surface area contributed by atoms with Gasteiger partial charge in [0.15, 0.2) is 0 Å². The molecule has 4 heteroatoms. The van der Waals surface area contributed by atoms with E-state index in [9.17, 15) is 4.79 Å². The van der Waals surface area contributed by atoms with Crippen LogP contribution < -0.4 is 0 Å². The van der Waals surface area contributed by atoms with Crippen molar-refractivity contribution in [2.75, 3.05) is 13.6 Å². The van der Waals surface area contributed by atoms with Crippen molar-refractivity contribution in [1.29, 1.82) is 0 Å². The summed E-state index contributed by atoms with van der Waals surface area (Å²) < 4.78 is 0. The average molecular weight is 268 g/mol. The van der Waals surface area contributed by atoms with Gasteiger partial charge in [0.05, 0.1) is 6.42 Å². The molecule has 0 spiro atoms. The molecular weight excluding hydrogens is 250 g/mol. The highest BCUT2D eigenvalue weighted by molar-refractivity contribution is 6.30. The molecular formula is C14H18ClNO2. The zero-order valence-electron chi connectivity index (χ0n) is 10.5. The van der Waals surface area contributed by atoms with Crippen molar-refractivity contribution in [2.45, 2.75) is 25.8 Å². The van der Waals surface area contributed by atoms with Crippen LogP contribution in [0, 0.1) is 5.41 Å². The Morgan fingerprint density at radius 3 is 2.78 bits per heavy atom. The van der Waals surface area contributed by atoms with Crippen molar-refractivity contribution in [2.24, 2.45) is 5.41 Å². The van der Waals surface area contributed by atoms with E-state index in [1.807, 2.05) is 31.3 Å². The van der Waals surface area contributed by atoms with Crippen LogP contribution in [-0.2, 0) is 11.3 Å². The number of halogens is 1. The second kappa shape index (κ2) is 5.29. The summed E-state index contributed by atoms with van der Waals surface area (Å²) >= 11 is 5.95. The largest absolute Gasteiger partial charge is 0.481 e. The fourth-order valence-corrected chi connectivity index (χ4v) is 2.68. The molecule has 98 valence electrons. The molecule has 1 saturated carbocycles. The zero-order valence-corrected chi connectivity index (χ0v) is 11.3. The lowest BCUT2D eigenvalue weighted by molar-refractivity contribution is -0.138. The van der Waals surface area contributed by atoms with Gasteiger partial charge in [-0.25, -0.2) is 0 Å². The maximum absolute atomic E-state index is 10.8. The molecule has 2 rings (SSSR count). The van der Waals surface area contributed by atoms with Gasteiger partial charge in [-0.3, -0.25) is 4.79 Å². The lowest BCUT2D eigenvalue weighted by atomic mass is 10.0. The number of aliphatic carboxylic acids is 1. The molecule has 1 fully saturated rings. The molecule has 0 amide bonds. The first-order chi connectivity index (χ1) is 8.49. The zero-order chi connectivity index (χ0) is 13.2. The first kappa shape index (κ1) is 13.4. The second-order valence-electron chi connectivity index (χ2n) is 5.37. The number of carbonyl (C=O) groups is 1. The van der Waals surface area contributed by atoms with Crippen molar-refractivity contribution >= 4 is 17.6 Å². The van der Waals surface area contributed by atoms with Gasteiger partial charge in [0.2, 0.25) is 0 Å². The van der Waals surface area contributed by atoms with E-state index in [0.717, 1.165) is 36.5 Å². The number of rotatable bonds is 6. The molecule has 1 aromatic carbocycles. The van der Waals surface area contributed by atoms with E-state index in [4.69, 9.17) is 16.7 Å². The molecule has 1 aliphatic carbocycles. The van der Waals surface area contributed by atoms with Crippen molar-refractivity contribution in [1.82, 2.24) is 4.90 Å². The van der Waals surface area contributed by atoms with Gasteiger partial charge in [-0.1, -0.05) is 23.7 Å². The third kappa shape index (κ3) is 3.72. The molecule has 0 bridgehead atoms. The number of nitrogens with zero attached hydrogens (tertiary/aromatic N) is 1. The third-order valence-electron chi connectivity index (χ3n) is 3.43. The second-order valence-corrected chi connectivity index (χ2v) is 5.81. The van der Waals surface area contributed by atoms with Crippen LogP contribution in [0.4, 0.5) is 0 Å². The summed E-state index contributed by atoms with van der Waals surface area (Å²) in [6.45, 7) is 1.65. The maximum Gasteiger partial charge on any atom is 0.303 e. The lowest BCUT2D eigenvalue weighted by Gasteiger charge is -2.22. The van der Waals surface area contributed by atoms with Gasteiger partial charge in [-0.15, -0.1) is 0 Å². The Balaban J connectivity index is 1.89. The Hall–Kier alpha value is -1.06. The van der Waals surface area contributed by atoms with Crippen molar-refractivity contribution in [3.05, 3.63) is 34.9 Å². The molecule has 1 aromatic rings. The first-order valence-corrected chi connectivity index (χ1v) is 6.52. The number of carboxylic acid groups (broad SMARTS) is 1. The third-order valence-corrected chi connectivity index (χ3v) is 3.67. The number of benzene rings is 1. The van der Waals surface area contributed by atoms with E-state index in [2.05, 4.69) is 4.90 Å². The minimum Gasteiger partial charge on any atom is -0.481 e.